The molecule has 0 atom stereocenters. The summed E-state index contributed by atoms with van der Waals surface area (Å²) in [6, 6.07) is 8.65. The summed E-state index contributed by atoms with van der Waals surface area (Å²) < 4.78 is 5.03. The van der Waals surface area contributed by atoms with E-state index in [1.54, 1.807) is 37.4 Å². The van der Waals surface area contributed by atoms with Gasteiger partial charge in [-0.2, -0.15) is 5.26 Å². The molecule has 6 nitrogen and oxygen atoms in total. The molecule has 132 valence electrons. The van der Waals surface area contributed by atoms with Crippen LogP contribution in [-0.2, 0) is 14.3 Å². The Morgan fingerprint density at radius 3 is 2.76 bits per heavy atom. The van der Waals surface area contributed by atoms with Gasteiger partial charge < -0.3 is 15.0 Å². The maximum atomic E-state index is 12.2. The SMILES string of the molecule is CCOC(=O)C1CCN(/C=C(\C#N)C(=O)Nc2cccc(Cl)c2)CC1. The van der Waals surface area contributed by atoms with E-state index in [1.807, 2.05) is 11.0 Å². The Labute approximate surface area is 152 Å². The first-order valence-electron chi connectivity index (χ1n) is 8.13. The van der Waals surface area contributed by atoms with Crippen LogP contribution in [0.1, 0.15) is 19.8 Å². The molecular weight excluding hydrogens is 342 g/mol. The highest BCUT2D eigenvalue weighted by molar-refractivity contribution is 6.31. The first-order valence-corrected chi connectivity index (χ1v) is 8.50. The Balaban J connectivity index is 1.95. The van der Waals surface area contributed by atoms with Crippen LogP contribution in [-0.4, -0.2) is 36.5 Å². The Kier molecular flexibility index (Phi) is 6.84. The number of likely N-dealkylation sites (tertiary alicyclic amines) is 1. The summed E-state index contributed by atoms with van der Waals surface area (Å²) in [6.07, 6.45) is 2.83. The lowest BCUT2D eigenvalue weighted by Gasteiger charge is -2.30. The molecule has 1 aliphatic rings. The van der Waals surface area contributed by atoms with E-state index in [4.69, 9.17) is 16.3 Å². The molecule has 1 saturated heterocycles. The van der Waals surface area contributed by atoms with E-state index in [0.717, 1.165) is 0 Å². The van der Waals surface area contributed by atoms with Crippen molar-refractivity contribution in [3.8, 4) is 6.07 Å². The van der Waals surface area contributed by atoms with Crippen LogP contribution in [0.5, 0.6) is 0 Å². The molecule has 0 spiro atoms. The molecule has 1 aromatic carbocycles. The number of hydrogen-bond donors (Lipinski definition) is 1. The number of nitriles is 1. The number of rotatable bonds is 5. The lowest BCUT2D eigenvalue weighted by Crippen LogP contribution is -2.34. The van der Waals surface area contributed by atoms with Crippen LogP contribution in [0.2, 0.25) is 5.02 Å². The zero-order chi connectivity index (χ0) is 18.2. The highest BCUT2D eigenvalue weighted by Gasteiger charge is 2.25. The van der Waals surface area contributed by atoms with Crippen molar-refractivity contribution in [1.29, 1.82) is 5.26 Å². The molecule has 1 aromatic rings. The summed E-state index contributed by atoms with van der Waals surface area (Å²) in [5.41, 5.74) is 0.536. The molecule has 25 heavy (non-hydrogen) atoms. The van der Waals surface area contributed by atoms with Crippen LogP contribution in [0.15, 0.2) is 36.0 Å². The van der Waals surface area contributed by atoms with Crippen molar-refractivity contribution in [2.75, 3.05) is 25.0 Å². The molecule has 0 unspecified atom stereocenters. The lowest BCUT2D eigenvalue weighted by atomic mass is 9.97. The van der Waals surface area contributed by atoms with Gasteiger partial charge in [0.1, 0.15) is 11.6 Å². The molecule has 2 rings (SSSR count). The van der Waals surface area contributed by atoms with Crippen LogP contribution < -0.4 is 5.32 Å². The van der Waals surface area contributed by atoms with E-state index >= 15 is 0 Å². The second-order valence-electron chi connectivity index (χ2n) is 5.68. The lowest BCUT2D eigenvalue weighted by molar-refractivity contribution is -0.149. The Hall–Kier alpha value is -2.52. The number of nitrogens with zero attached hydrogens (tertiary/aromatic N) is 2. The predicted molar refractivity (Wildman–Crippen MR) is 94.7 cm³/mol. The molecule has 0 radical (unpaired) electrons. The van der Waals surface area contributed by atoms with Crippen molar-refractivity contribution in [2.24, 2.45) is 5.92 Å². The number of carbonyl (C=O) groups excluding carboxylic acids is 2. The average molecular weight is 362 g/mol. The molecule has 0 saturated carbocycles. The summed E-state index contributed by atoms with van der Waals surface area (Å²) in [7, 11) is 0. The minimum Gasteiger partial charge on any atom is -0.466 e. The molecule has 0 bridgehead atoms. The smallest absolute Gasteiger partial charge is 0.309 e. The monoisotopic (exact) mass is 361 g/mol. The van der Waals surface area contributed by atoms with Gasteiger partial charge in [0.2, 0.25) is 0 Å². The zero-order valence-corrected chi connectivity index (χ0v) is 14.8. The van der Waals surface area contributed by atoms with Crippen molar-refractivity contribution >= 4 is 29.2 Å². The van der Waals surface area contributed by atoms with Gasteiger partial charge in [0.05, 0.1) is 12.5 Å². The summed E-state index contributed by atoms with van der Waals surface area (Å²) in [4.78, 5) is 25.9. The summed E-state index contributed by atoms with van der Waals surface area (Å²) in [6.45, 7) is 3.35. The second kappa shape index (κ2) is 9.09. The standard InChI is InChI=1S/C18H20ClN3O3/c1-2-25-18(24)13-6-8-22(9-7-13)12-14(11-20)17(23)21-16-5-3-4-15(19)10-16/h3-5,10,12-13H,2,6-9H2,1H3,(H,21,23)/b14-12+. The molecular formula is C18H20ClN3O3. The highest BCUT2D eigenvalue weighted by atomic mass is 35.5. The van der Waals surface area contributed by atoms with E-state index in [1.165, 1.54) is 0 Å². The first-order chi connectivity index (χ1) is 12.0. The van der Waals surface area contributed by atoms with Crippen molar-refractivity contribution in [3.63, 3.8) is 0 Å². The normalized spacial score (nSPS) is 15.4. The molecule has 1 heterocycles. The third-order valence-corrected chi connectivity index (χ3v) is 4.14. The largest absolute Gasteiger partial charge is 0.466 e. The number of ether oxygens (including phenoxy) is 1. The van der Waals surface area contributed by atoms with Crippen molar-refractivity contribution < 1.29 is 14.3 Å². The number of benzene rings is 1. The topological polar surface area (TPSA) is 82.4 Å². The maximum absolute atomic E-state index is 12.2. The number of hydrogen-bond acceptors (Lipinski definition) is 5. The van der Waals surface area contributed by atoms with E-state index < -0.39 is 5.91 Å². The minimum absolute atomic E-state index is 0.00885. The van der Waals surface area contributed by atoms with Crippen molar-refractivity contribution in [1.82, 2.24) is 4.90 Å². The Morgan fingerprint density at radius 2 is 2.16 bits per heavy atom. The van der Waals surface area contributed by atoms with Crippen molar-refractivity contribution in [3.05, 3.63) is 41.1 Å². The third kappa shape index (κ3) is 5.50. The van der Waals surface area contributed by atoms with Crippen LogP contribution in [0.3, 0.4) is 0 Å². The van der Waals surface area contributed by atoms with Gasteiger partial charge in [-0.3, -0.25) is 9.59 Å². The minimum atomic E-state index is -0.489. The summed E-state index contributed by atoms with van der Waals surface area (Å²) in [5, 5.41) is 12.4. The van der Waals surface area contributed by atoms with Gasteiger partial charge >= 0.3 is 5.97 Å². The fourth-order valence-electron chi connectivity index (χ4n) is 2.61. The molecule has 1 N–H and O–H groups in total. The predicted octanol–water partition coefficient (Wildman–Crippen LogP) is 2.96. The maximum Gasteiger partial charge on any atom is 0.309 e. The average Bonchev–Trinajstić information content (AvgIpc) is 2.60. The van der Waals surface area contributed by atoms with Gasteiger partial charge in [0.15, 0.2) is 0 Å². The van der Waals surface area contributed by atoms with E-state index in [9.17, 15) is 14.9 Å². The van der Waals surface area contributed by atoms with E-state index in [2.05, 4.69) is 5.32 Å². The third-order valence-electron chi connectivity index (χ3n) is 3.91. The summed E-state index contributed by atoms with van der Waals surface area (Å²) >= 11 is 5.88. The summed E-state index contributed by atoms with van der Waals surface area (Å²) in [5.74, 6) is -0.780. The first kappa shape index (κ1) is 18.8. The van der Waals surface area contributed by atoms with Gasteiger partial charge in [-0.25, -0.2) is 0 Å². The van der Waals surface area contributed by atoms with Gasteiger partial charge in [0.25, 0.3) is 5.91 Å². The second-order valence-corrected chi connectivity index (χ2v) is 6.12. The number of amides is 1. The van der Waals surface area contributed by atoms with Crippen molar-refractivity contribution in [2.45, 2.75) is 19.8 Å². The molecule has 1 fully saturated rings. The van der Waals surface area contributed by atoms with Crippen LogP contribution in [0.25, 0.3) is 0 Å². The van der Waals surface area contributed by atoms with Crippen LogP contribution >= 0.6 is 11.6 Å². The van der Waals surface area contributed by atoms with Crippen LogP contribution in [0, 0.1) is 17.2 Å². The number of carbonyl (C=O) groups is 2. The number of nitrogens with one attached hydrogen (secondary N) is 1. The quantitative estimate of drug-likeness (QED) is 0.495. The highest BCUT2D eigenvalue weighted by Crippen LogP contribution is 2.20. The zero-order valence-electron chi connectivity index (χ0n) is 14.0. The fourth-order valence-corrected chi connectivity index (χ4v) is 2.80. The molecule has 0 aliphatic carbocycles. The van der Waals surface area contributed by atoms with Gasteiger partial charge in [0, 0.05) is 30.0 Å². The Morgan fingerprint density at radius 1 is 1.44 bits per heavy atom. The molecule has 1 aliphatic heterocycles. The number of anilines is 1. The van der Waals surface area contributed by atoms with Gasteiger partial charge in [-0.1, -0.05) is 17.7 Å². The fraction of sp³-hybridized carbons (Fsp3) is 0.389. The van der Waals surface area contributed by atoms with E-state index in [0.29, 0.717) is 43.2 Å². The molecule has 1 amide bonds. The number of halogens is 1. The molecule has 0 aromatic heterocycles. The van der Waals surface area contributed by atoms with E-state index in [-0.39, 0.29) is 17.5 Å². The molecule has 7 heteroatoms. The van der Waals surface area contributed by atoms with Gasteiger partial charge in [-0.05, 0) is 38.0 Å². The number of piperidine rings is 1. The number of esters is 1. The van der Waals surface area contributed by atoms with Crippen LogP contribution in [0.4, 0.5) is 5.69 Å². The Bertz CT molecular complexity index is 704. The van der Waals surface area contributed by atoms with Gasteiger partial charge in [-0.15, -0.1) is 0 Å².